The van der Waals surface area contributed by atoms with Crippen molar-refractivity contribution in [2.45, 2.75) is 52.5 Å². The van der Waals surface area contributed by atoms with E-state index in [2.05, 4.69) is 17.3 Å². The molecular weight excluding hydrogens is 333 g/mol. The number of benzene rings is 1. The van der Waals surface area contributed by atoms with Crippen molar-refractivity contribution in [2.75, 3.05) is 6.61 Å². The van der Waals surface area contributed by atoms with E-state index in [1.165, 1.54) is 23.9 Å². The Kier molecular flexibility index (Phi) is 7.63. The minimum atomic E-state index is -0.414. The van der Waals surface area contributed by atoms with E-state index >= 15 is 0 Å². The van der Waals surface area contributed by atoms with Crippen LogP contribution >= 0.6 is 0 Å². The molecule has 2 rings (SSSR count). The summed E-state index contributed by atoms with van der Waals surface area (Å²) in [5.74, 6) is -0.457. The number of hydrogen-bond donors (Lipinski definition) is 1. The first-order valence-electron chi connectivity index (χ1n) is 9.22. The Bertz CT molecular complexity index is 728. The molecule has 0 saturated heterocycles. The molecule has 0 radical (unpaired) electrons. The lowest BCUT2D eigenvalue weighted by molar-refractivity contribution is 0.0941. The van der Waals surface area contributed by atoms with Gasteiger partial charge in [-0.25, -0.2) is 4.39 Å². The van der Waals surface area contributed by atoms with Crippen LogP contribution < -0.4 is 10.1 Å². The van der Waals surface area contributed by atoms with Crippen molar-refractivity contribution in [3.63, 3.8) is 0 Å². The van der Waals surface area contributed by atoms with E-state index in [1.54, 1.807) is 31.3 Å². The van der Waals surface area contributed by atoms with Gasteiger partial charge in [0.2, 0.25) is 0 Å². The molecular formula is C20H28FN3O2. The molecule has 1 amide bonds. The maximum Gasteiger partial charge on any atom is 0.269 e. The highest BCUT2D eigenvalue weighted by Gasteiger charge is 2.14. The fourth-order valence-corrected chi connectivity index (χ4v) is 2.78. The lowest BCUT2D eigenvalue weighted by Gasteiger charge is -2.11. The van der Waals surface area contributed by atoms with Crippen LogP contribution in [0.1, 0.15) is 60.8 Å². The van der Waals surface area contributed by atoms with Crippen LogP contribution in [-0.4, -0.2) is 22.3 Å². The Balaban J connectivity index is 1.88. The van der Waals surface area contributed by atoms with Crippen molar-refractivity contribution in [2.24, 2.45) is 7.05 Å². The van der Waals surface area contributed by atoms with E-state index < -0.39 is 5.82 Å². The van der Waals surface area contributed by atoms with Gasteiger partial charge in [0.25, 0.3) is 5.91 Å². The highest BCUT2D eigenvalue weighted by Crippen LogP contribution is 2.21. The lowest BCUT2D eigenvalue weighted by atomic mass is 10.1. The first-order chi connectivity index (χ1) is 12.5. The number of aromatic nitrogens is 2. The molecule has 1 aromatic carbocycles. The number of unbranched alkanes of at least 4 members (excludes halogenated alkanes) is 4. The van der Waals surface area contributed by atoms with Crippen molar-refractivity contribution in [1.29, 1.82) is 0 Å². The predicted molar refractivity (Wildman–Crippen MR) is 99.8 cm³/mol. The third-order valence-electron chi connectivity index (χ3n) is 4.22. The quantitative estimate of drug-likeness (QED) is 0.647. The molecule has 1 heterocycles. The van der Waals surface area contributed by atoms with E-state index in [4.69, 9.17) is 4.74 Å². The Labute approximate surface area is 154 Å². The van der Waals surface area contributed by atoms with Crippen molar-refractivity contribution in [1.82, 2.24) is 15.1 Å². The monoisotopic (exact) mass is 361 g/mol. The molecule has 142 valence electrons. The Hall–Kier alpha value is -2.37. The van der Waals surface area contributed by atoms with Crippen molar-refractivity contribution < 1.29 is 13.9 Å². The Morgan fingerprint density at radius 1 is 1.27 bits per heavy atom. The van der Waals surface area contributed by atoms with Crippen molar-refractivity contribution in [3.8, 4) is 5.75 Å². The average Bonchev–Trinajstić information content (AvgIpc) is 2.96. The third kappa shape index (κ3) is 5.58. The number of carbonyl (C=O) groups is 1. The molecule has 0 fully saturated rings. The summed E-state index contributed by atoms with van der Waals surface area (Å²) in [5.41, 5.74) is 1.61. The average molecular weight is 361 g/mol. The van der Waals surface area contributed by atoms with Gasteiger partial charge >= 0.3 is 0 Å². The standard InChI is InChI=1S/C20H28FN3O2/c1-4-5-6-7-8-12-26-18-11-9-10-16(19(18)21)14-22-20(25)17-13-15(2)23-24(17)3/h9-11,13H,4-8,12,14H2,1-3H3,(H,22,25). The zero-order valence-corrected chi connectivity index (χ0v) is 15.8. The Morgan fingerprint density at radius 3 is 2.73 bits per heavy atom. The lowest BCUT2D eigenvalue weighted by Crippen LogP contribution is -2.25. The highest BCUT2D eigenvalue weighted by atomic mass is 19.1. The molecule has 6 heteroatoms. The summed E-state index contributed by atoms with van der Waals surface area (Å²) in [7, 11) is 1.71. The van der Waals surface area contributed by atoms with Crippen LogP contribution in [0, 0.1) is 12.7 Å². The molecule has 0 bridgehead atoms. The van der Waals surface area contributed by atoms with E-state index in [1.807, 2.05) is 6.92 Å². The van der Waals surface area contributed by atoms with Gasteiger partial charge in [-0.05, 0) is 25.5 Å². The topological polar surface area (TPSA) is 56.1 Å². The van der Waals surface area contributed by atoms with Crippen LogP contribution in [0.5, 0.6) is 5.75 Å². The summed E-state index contributed by atoms with van der Waals surface area (Å²) < 4.78 is 21.6. The molecule has 26 heavy (non-hydrogen) atoms. The number of aryl methyl sites for hydroxylation is 2. The summed E-state index contributed by atoms with van der Waals surface area (Å²) in [6.07, 6.45) is 5.61. The van der Waals surface area contributed by atoms with Crippen LogP contribution in [-0.2, 0) is 13.6 Å². The Morgan fingerprint density at radius 2 is 2.04 bits per heavy atom. The molecule has 0 aliphatic rings. The number of nitrogens with one attached hydrogen (secondary N) is 1. The normalized spacial score (nSPS) is 10.8. The molecule has 0 aliphatic heterocycles. The van der Waals surface area contributed by atoms with Gasteiger partial charge in [0, 0.05) is 19.2 Å². The number of hydrogen-bond acceptors (Lipinski definition) is 3. The maximum atomic E-state index is 14.5. The fraction of sp³-hybridized carbons (Fsp3) is 0.500. The molecule has 5 nitrogen and oxygen atoms in total. The zero-order valence-electron chi connectivity index (χ0n) is 15.8. The molecule has 0 unspecified atom stereocenters. The summed E-state index contributed by atoms with van der Waals surface area (Å²) in [6, 6.07) is 6.71. The number of carbonyl (C=O) groups excluding carboxylic acids is 1. The molecule has 0 aliphatic carbocycles. The van der Waals surface area contributed by atoms with Crippen molar-refractivity contribution >= 4 is 5.91 Å². The third-order valence-corrected chi connectivity index (χ3v) is 4.22. The summed E-state index contributed by atoms with van der Waals surface area (Å²) in [6.45, 7) is 4.60. The van der Waals surface area contributed by atoms with E-state index in [-0.39, 0.29) is 18.2 Å². The second-order valence-electron chi connectivity index (χ2n) is 6.47. The largest absolute Gasteiger partial charge is 0.491 e. The van der Waals surface area contributed by atoms with Crippen LogP contribution in [0.4, 0.5) is 4.39 Å². The number of rotatable bonds is 10. The van der Waals surface area contributed by atoms with Gasteiger partial charge in [-0.1, -0.05) is 44.7 Å². The van der Waals surface area contributed by atoms with Gasteiger partial charge in [-0.2, -0.15) is 5.10 Å². The highest BCUT2D eigenvalue weighted by molar-refractivity contribution is 5.92. The number of halogens is 1. The molecule has 0 spiro atoms. The van der Waals surface area contributed by atoms with Crippen LogP contribution in [0.3, 0.4) is 0 Å². The zero-order chi connectivity index (χ0) is 18.9. The van der Waals surface area contributed by atoms with Gasteiger partial charge in [0.15, 0.2) is 11.6 Å². The van der Waals surface area contributed by atoms with Crippen LogP contribution in [0.25, 0.3) is 0 Å². The van der Waals surface area contributed by atoms with Gasteiger partial charge in [0.1, 0.15) is 5.69 Å². The summed E-state index contributed by atoms with van der Waals surface area (Å²) in [4.78, 5) is 12.2. The second kappa shape index (κ2) is 9.94. The molecule has 1 N–H and O–H groups in total. The second-order valence-corrected chi connectivity index (χ2v) is 6.47. The van der Waals surface area contributed by atoms with Crippen LogP contribution in [0.15, 0.2) is 24.3 Å². The number of ether oxygens (including phenoxy) is 1. The van der Waals surface area contributed by atoms with Gasteiger partial charge in [0.05, 0.1) is 12.3 Å². The summed E-state index contributed by atoms with van der Waals surface area (Å²) in [5, 5.41) is 6.87. The molecule has 0 atom stereocenters. The van der Waals surface area contributed by atoms with Gasteiger partial charge in [-0.15, -0.1) is 0 Å². The van der Waals surface area contributed by atoms with Gasteiger partial charge in [-0.3, -0.25) is 9.48 Å². The first-order valence-corrected chi connectivity index (χ1v) is 9.22. The smallest absolute Gasteiger partial charge is 0.269 e. The minimum absolute atomic E-state index is 0.0998. The minimum Gasteiger partial charge on any atom is -0.491 e. The number of nitrogens with zero attached hydrogens (tertiary/aromatic N) is 2. The summed E-state index contributed by atoms with van der Waals surface area (Å²) >= 11 is 0. The van der Waals surface area contributed by atoms with E-state index in [0.29, 0.717) is 17.9 Å². The fourth-order valence-electron chi connectivity index (χ4n) is 2.78. The van der Waals surface area contributed by atoms with E-state index in [9.17, 15) is 9.18 Å². The molecule has 2 aromatic rings. The SMILES string of the molecule is CCCCCCCOc1cccc(CNC(=O)c2cc(C)nn2C)c1F. The maximum absolute atomic E-state index is 14.5. The van der Waals surface area contributed by atoms with E-state index in [0.717, 1.165) is 18.5 Å². The molecule has 0 saturated carbocycles. The molecule has 1 aromatic heterocycles. The predicted octanol–water partition coefficient (Wildman–Crippen LogP) is 4.15. The number of amides is 1. The first kappa shape index (κ1) is 19.9. The van der Waals surface area contributed by atoms with Crippen LogP contribution in [0.2, 0.25) is 0 Å². The van der Waals surface area contributed by atoms with Crippen molar-refractivity contribution in [3.05, 3.63) is 47.0 Å². The van der Waals surface area contributed by atoms with Gasteiger partial charge < -0.3 is 10.1 Å².